The number of hydrogen-bond acceptors (Lipinski definition) is 3. The molecule has 0 N–H and O–H groups in total. The smallest absolute Gasteiger partial charge is 0.158 e. The number of methoxy groups -OCH3 is 1. The molecule has 5 aliphatic rings. The zero-order valence-electron chi connectivity index (χ0n) is 18.9. The van der Waals surface area contributed by atoms with Gasteiger partial charge in [0.05, 0.1) is 7.11 Å². The predicted octanol–water partition coefficient (Wildman–Crippen LogP) is 5.45. The maximum absolute atomic E-state index is 12.3. The second kappa shape index (κ2) is 6.48. The largest absolute Gasteiger partial charge is 0.497 e. The van der Waals surface area contributed by atoms with Crippen molar-refractivity contribution in [3.8, 4) is 17.6 Å². The third kappa shape index (κ3) is 2.49. The summed E-state index contributed by atoms with van der Waals surface area (Å²) in [4.78, 5) is 12.3. The first-order valence-corrected chi connectivity index (χ1v) is 12.0. The molecule has 162 valence electrons. The van der Waals surface area contributed by atoms with Crippen LogP contribution in [-0.2, 0) is 9.53 Å². The van der Waals surface area contributed by atoms with Crippen LogP contribution in [0.4, 0.5) is 0 Å². The van der Waals surface area contributed by atoms with E-state index in [4.69, 9.17) is 9.47 Å². The van der Waals surface area contributed by atoms with E-state index in [1.807, 2.05) is 13.0 Å². The summed E-state index contributed by atoms with van der Waals surface area (Å²) in [5, 5.41) is 0. The summed E-state index contributed by atoms with van der Waals surface area (Å²) in [6.45, 7) is 4.40. The van der Waals surface area contributed by atoms with Gasteiger partial charge in [-0.25, -0.2) is 0 Å². The first-order chi connectivity index (χ1) is 15.0. The molecule has 0 amide bonds. The molecule has 4 fully saturated rings. The van der Waals surface area contributed by atoms with Crippen molar-refractivity contribution in [2.24, 2.45) is 23.2 Å². The van der Waals surface area contributed by atoms with Crippen LogP contribution < -0.4 is 4.74 Å². The predicted molar refractivity (Wildman–Crippen MR) is 120 cm³/mol. The van der Waals surface area contributed by atoms with Crippen molar-refractivity contribution in [2.75, 3.05) is 7.11 Å². The Kier molecular flexibility index (Phi) is 4.10. The zero-order valence-corrected chi connectivity index (χ0v) is 18.9. The van der Waals surface area contributed by atoms with E-state index in [1.165, 1.54) is 24.0 Å². The zero-order chi connectivity index (χ0) is 21.4. The van der Waals surface area contributed by atoms with Gasteiger partial charge >= 0.3 is 0 Å². The minimum absolute atomic E-state index is 0.0656. The maximum Gasteiger partial charge on any atom is 0.158 e. The number of ketones is 1. The summed E-state index contributed by atoms with van der Waals surface area (Å²) in [6.07, 6.45) is 9.30. The van der Waals surface area contributed by atoms with Crippen molar-refractivity contribution < 1.29 is 14.3 Å². The van der Waals surface area contributed by atoms with Crippen LogP contribution in [0.3, 0.4) is 0 Å². The fourth-order valence-electron chi connectivity index (χ4n) is 8.34. The standard InChI is InChI=1S/C28H32O3/c1-4-13-27-15-12-24-22-10-7-19-16-20(29)11-14-26(19,2)25(22)23(17-28(24,27)31-27)18-5-8-21(30-3)9-6-18/h5-6,8-9,16,22-25H,7,10-12,14-15,17H2,1-3H3/t22-,23+,24-,25+,26-,27-,28+/m0/s1. The minimum Gasteiger partial charge on any atom is -0.497 e. The van der Waals surface area contributed by atoms with E-state index in [1.54, 1.807) is 7.11 Å². The molecule has 4 aliphatic carbocycles. The first kappa shape index (κ1) is 19.6. The molecule has 0 aromatic heterocycles. The van der Waals surface area contributed by atoms with Crippen molar-refractivity contribution in [3.05, 3.63) is 41.5 Å². The van der Waals surface area contributed by atoms with E-state index in [-0.39, 0.29) is 16.6 Å². The summed E-state index contributed by atoms with van der Waals surface area (Å²) in [5.74, 6) is 10.1. The van der Waals surface area contributed by atoms with Crippen molar-refractivity contribution in [1.29, 1.82) is 0 Å². The number of carbonyl (C=O) groups excluding carboxylic acids is 1. The van der Waals surface area contributed by atoms with Crippen LogP contribution in [0.2, 0.25) is 0 Å². The van der Waals surface area contributed by atoms with Gasteiger partial charge in [-0.15, -0.1) is 5.92 Å². The Balaban J connectivity index is 1.47. The molecule has 1 aromatic carbocycles. The second-order valence-corrected chi connectivity index (χ2v) is 10.7. The lowest BCUT2D eigenvalue weighted by molar-refractivity contribution is -0.117. The van der Waals surface area contributed by atoms with E-state index < -0.39 is 0 Å². The van der Waals surface area contributed by atoms with Crippen LogP contribution in [0.15, 0.2) is 35.9 Å². The van der Waals surface area contributed by atoms with Gasteiger partial charge in [-0.2, -0.15) is 0 Å². The van der Waals surface area contributed by atoms with Gasteiger partial charge in [0.15, 0.2) is 11.4 Å². The molecule has 0 radical (unpaired) electrons. The molecule has 3 saturated carbocycles. The van der Waals surface area contributed by atoms with Crippen LogP contribution in [0.5, 0.6) is 5.75 Å². The molecule has 1 aromatic rings. The van der Waals surface area contributed by atoms with Crippen LogP contribution in [-0.4, -0.2) is 24.1 Å². The third-order valence-electron chi connectivity index (χ3n) is 9.65. The van der Waals surface area contributed by atoms with Crippen LogP contribution in [0.1, 0.15) is 70.3 Å². The van der Waals surface area contributed by atoms with Gasteiger partial charge in [0, 0.05) is 6.42 Å². The van der Waals surface area contributed by atoms with E-state index in [9.17, 15) is 4.79 Å². The molecule has 3 nitrogen and oxygen atoms in total. The van der Waals surface area contributed by atoms with Crippen LogP contribution in [0.25, 0.3) is 0 Å². The van der Waals surface area contributed by atoms with Gasteiger partial charge in [-0.3, -0.25) is 4.79 Å². The molecule has 1 saturated heterocycles. The summed E-state index contributed by atoms with van der Waals surface area (Å²) < 4.78 is 12.1. The molecule has 1 heterocycles. The van der Waals surface area contributed by atoms with Gasteiger partial charge in [0.25, 0.3) is 0 Å². The number of carbonyl (C=O) groups is 1. The van der Waals surface area contributed by atoms with E-state index in [2.05, 4.69) is 43.0 Å². The van der Waals surface area contributed by atoms with Gasteiger partial charge in [0.2, 0.25) is 0 Å². The Hall–Kier alpha value is -2.05. The van der Waals surface area contributed by atoms with Crippen LogP contribution >= 0.6 is 0 Å². The van der Waals surface area contributed by atoms with Gasteiger partial charge in [-0.05, 0) is 98.3 Å². The average molecular weight is 417 g/mol. The number of hydrogen-bond donors (Lipinski definition) is 0. The van der Waals surface area contributed by atoms with E-state index >= 15 is 0 Å². The fourth-order valence-corrected chi connectivity index (χ4v) is 8.34. The number of ether oxygens (including phenoxy) is 2. The molecular weight excluding hydrogens is 384 g/mol. The molecular formula is C28H32O3. The summed E-state index contributed by atoms with van der Waals surface area (Å²) in [5.41, 5.74) is 2.64. The summed E-state index contributed by atoms with van der Waals surface area (Å²) in [7, 11) is 1.72. The SMILES string of the molecule is CC#C[C@]12CC[C@H]3[C@@H]4CCC5=CC(=O)CC[C@]5(C)[C@H]4[C@@H](c4ccc(OC)cc4)C[C@@]31O2. The average Bonchev–Trinajstić information content (AvgIpc) is 3.27. The molecule has 3 heteroatoms. The van der Waals surface area contributed by atoms with Gasteiger partial charge < -0.3 is 9.47 Å². The van der Waals surface area contributed by atoms with Gasteiger partial charge in [-0.1, -0.05) is 30.6 Å². The van der Waals surface area contributed by atoms with E-state index in [0.717, 1.165) is 31.4 Å². The Bertz CT molecular complexity index is 1030. The van der Waals surface area contributed by atoms with E-state index in [0.29, 0.717) is 35.9 Å². The summed E-state index contributed by atoms with van der Waals surface area (Å²) in [6, 6.07) is 8.72. The Morgan fingerprint density at radius 2 is 1.94 bits per heavy atom. The lowest BCUT2D eigenvalue weighted by Gasteiger charge is -2.58. The fraction of sp³-hybridized carbons (Fsp3) is 0.607. The highest BCUT2D eigenvalue weighted by Crippen LogP contribution is 2.75. The van der Waals surface area contributed by atoms with Crippen molar-refractivity contribution in [3.63, 3.8) is 0 Å². The van der Waals surface area contributed by atoms with Crippen LogP contribution in [0, 0.1) is 35.0 Å². The van der Waals surface area contributed by atoms with Gasteiger partial charge in [0.1, 0.15) is 11.4 Å². The second-order valence-electron chi connectivity index (χ2n) is 10.7. The highest BCUT2D eigenvalue weighted by molar-refractivity contribution is 5.91. The highest BCUT2D eigenvalue weighted by atomic mass is 16.6. The minimum atomic E-state index is -0.207. The number of fused-ring (bicyclic) bond motifs is 4. The molecule has 1 spiro atoms. The lowest BCUT2D eigenvalue weighted by atomic mass is 9.46. The lowest BCUT2D eigenvalue weighted by Crippen LogP contribution is -2.53. The third-order valence-corrected chi connectivity index (χ3v) is 9.65. The number of rotatable bonds is 2. The molecule has 1 aliphatic heterocycles. The Morgan fingerprint density at radius 3 is 2.68 bits per heavy atom. The quantitative estimate of drug-likeness (QED) is 0.476. The number of epoxide rings is 1. The maximum atomic E-state index is 12.3. The molecule has 31 heavy (non-hydrogen) atoms. The topological polar surface area (TPSA) is 38.8 Å². The van der Waals surface area contributed by atoms with Crippen molar-refractivity contribution >= 4 is 5.78 Å². The number of allylic oxidation sites excluding steroid dienone is 1. The first-order valence-electron chi connectivity index (χ1n) is 12.0. The Labute approximate surface area is 185 Å². The van der Waals surface area contributed by atoms with Crippen molar-refractivity contribution in [2.45, 2.75) is 75.9 Å². The molecule has 7 atom stereocenters. The Morgan fingerprint density at radius 1 is 1.13 bits per heavy atom. The monoisotopic (exact) mass is 416 g/mol. The molecule has 0 unspecified atom stereocenters. The number of benzene rings is 1. The summed E-state index contributed by atoms with van der Waals surface area (Å²) >= 11 is 0. The van der Waals surface area contributed by atoms with Crippen molar-refractivity contribution in [1.82, 2.24) is 0 Å². The molecule has 0 bridgehead atoms. The normalized spacial score (nSPS) is 44.6. The highest BCUT2D eigenvalue weighted by Gasteiger charge is 2.80. The molecule has 6 rings (SSSR count).